The first-order valence-electron chi connectivity index (χ1n) is 7.87. The summed E-state index contributed by atoms with van der Waals surface area (Å²) in [4.78, 5) is 14.4. The number of nitrogens with one attached hydrogen (secondary N) is 1. The van der Waals surface area contributed by atoms with Crippen LogP contribution in [0.25, 0.3) is 0 Å². The van der Waals surface area contributed by atoms with Gasteiger partial charge in [0, 0.05) is 25.2 Å². The van der Waals surface area contributed by atoms with Gasteiger partial charge in [-0.15, -0.1) is 0 Å². The summed E-state index contributed by atoms with van der Waals surface area (Å²) in [5, 5.41) is 2.96. The van der Waals surface area contributed by atoms with Gasteiger partial charge in [-0.3, -0.25) is 9.69 Å². The van der Waals surface area contributed by atoms with Gasteiger partial charge in [-0.2, -0.15) is 0 Å². The van der Waals surface area contributed by atoms with E-state index in [1.165, 1.54) is 0 Å². The fourth-order valence-corrected chi connectivity index (χ4v) is 3.12. The Labute approximate surface area is 146 Å². The number of morpholine rings is 1. The second-order valence-corrected chi connectivity index (χ2v) is 7.27. The summed E-state index contributed by atoms with van der Waals surface area (Å²) < 4.78 is 11.8. The normalized spacial score (nSPS) is 16.2. The van der Waals surface area contributed by atoms with Gasteiger partial charge in [-0.1, -0.05) is 6.07 Å². The zero-order chi connectivity index (χ0) is 16.9. The maximum atomic E-state index is 12.0. The number of halogens is 1. The van der Waals surface area contributed by atoms with E-state index in [0.29, 0.717) is 12.3 Å². The SMILES string of the molecule is Cc1ccc(OCC(=O)NCC(C)(C)N2CCOCC2)c(Br)c1. The molecule has 0 aromatic heterocycles. The van der Waals surface area contributed by atoms with Crippen molar-refractivity contribution in [2.24, 2.45) is 0 Å². The molecule has 1 amide bonds. The summed E-state index contributed by atoms with van der Waals surface area (Å²) >= 11 is 3.44. The van der Waals surface area contributed by atoms with Crippen LogP contribution in [0.4, 0.5) is 0 Å². The number of hydrogen-bond donors (Lipinski definition) is 1. The van der Waals surface area contributed by atoms with Crippen LogP contribution in [0.1, 0.15) is 19.4 Å². The Balaban J connectivity index is 1.78. The number of benzene rings is 1. The van der Waals surface area contributed by atoms with Crippen molar-refractivity contribution in [2.75, 3.05) is 39.5 Å². The molecule has 0 aliphatic carbocycles. The number of amides is 1. The highest BCUT2D eigenvalue weighted by Gasteiger charge is 2.28. The van der Waals surface area contributed by atoms with Gasteiger partial charge in [0.05, 0.1) is 17.7 Å². The van der Waals surface area contributed by atoms with E-state index in [1.54, 1.807) is 0 Å². The van der Waals surface area contributed by atoms with Gasteiger partial charge in [0.2, 0.25) is 0 Å². The van der Waals surface area contributed by atoms with Gasteiger partial charge >= 0.3 is 0 Å². The molecule has 0 bridgehead atoms. The first-order chi connectivity index (χ1) is 10.9. The molecule has 0 spiro atoms. The van der Waals surface area contributed by atoms with Gasteiger partial charge in [-0.25, -0.2) is 0 Å². The predicted octanol–water partition coefficient (Wildman–Crippen LogP) is 2.36. The molecule has 1 heterocycles. The maximum absolute atomic E-state index is 12.0. The van der Waals surface area contributed by atoms with Crippen molar-refractivity contribution in [3.63, 3.8) is 0 Å². The summed E-state index contributed by atoms with van der Waals surface area (Å²) in [5.41, 5.74) is 1.05. The topological polar surface area (TPSA) is 50.8 Å². The molecule has 1 saturated heterocycles. The molecule has 0 atom stereocenters. The van der Waals surface area contributed by atoms with E-state index in [4.69, 9.17) is 9.47 Å². The largest absolute Gasteiger partial charge is 0.483 e. The van der Waals surface area contributed by atoms with Gasteiger partial charge < -0.3 is 14.8 Å². The molecule has 128 valence electrons. The van der Waals surface area contributed by atoms with Gasteiger partial charge in [0.25, 0.3) is 5.91 Å². The van der Waals surface area contributed by atoms with Crippen molar-refractivity contribution in [2.45, 2.75) is 26.3 Å². The van der Waals surface area contributed by atoms with Crippen LogP contribution in [-0.2, 0) is 9.53 Å². The van der Waals surface area contributed by atoms with Crippen molar-refractivity contribution >= 4 is 21.8 Å². The summed E-state index contributed by atoms with van der Waals surface area (Å²) in [6, 6.07) is 5.79. The molecular formula is C17H25BrN2O3. The van der Waals surface area contributed by atoms with Crippen molar-refractivity contribution in [3.05, 3.63) is 28.2 Å². The average molecular weight is 385 g/mol. The Morgan fingerprint density at radius 3 is 2.74 bits per heavy atom. The van der Waals surface area contributed by atoms with E-state index < -0.39 is 0 Å². The van der Waals surface area contributed by atoms with Crippen LogP contribution in [0.3, 0.4) is 0 Å². The minimum atomic E-state index is -0.112. The van der Waals surface area contributed by atoms with Crippen LogP contribution in [0.5, 0.6) is 5.75 Å². The van der Waals surface area contributed by atoms with Gasteiger partial charge in [0.1, 0.15) is 5.75 Å². The van der Waals surface area contributed by atoms with Crippen LogP contribution in [0.2, 0.25) is 0 Å². The third-order valence-electron chi connectivity index (χ3n) is 4.03. The standard InChI is InChI=1S/C17H25BrN2O3/c1-13-4-5-15(14(18)10-13)23-11-16(21)19-12-17(2,3)20-6-8-22-9-7-20/h4-5,10H,6-9,11-12H2,1-3H3,(H,19,21). The minimum absolute atomic E-state index is 0.0147. The molecule has 2 rings (SSSR count). The molecule has 1 N–H and O–H groups in total. The predicted molar refractivity (Wildman–Crippen MR) is 93.9 cm³/mol. The van der Waals surface area contributed by atoms with E-state index >= 15 is 0 Å². The van der Waals surface area contributed by atoms with E-state index in [1.807, 2.05) is 25.1 Å². The number of nitrogens with zero attached hydrogens (tertiary/aromatic N) is 1. The fourth-order valence-electron chi connectivity index (χ4n) is 2.51. The van der Waals surface area contributed by atoms with Gasteiger partial charge in [-0.05, 0) is 54.4 Å². The van der Waals surface area contributed by atoms with Crippen molar-refractivity contribution in [3.8, 4) is 5.75 Å². The number of ether oxygens (including phenoxy) is 2. The zero-order valence-electron chi connectivity index (χ0n) is 14.0. The number of hydrogen-bond acceptors (Lipinski definition) is 4. The minimum Gasteiger partial charge on any atom is -0.483 e. The van der Waals surface area contributed by atoms with Crippen LogP contribution in [-0.4, -0.2) is 55.8 Å². The monoisotopic (exact) mass is 384 g/mol. The summed E-state index contributed by atoms with van der Waals surface area (Å²) in [5.74, 6) is 0.567. The Bertz CT molecular complexity index is 543. The second kappa shape index (κ2) is 8.13. The molecule has 1 fully saturated rings. The van der Waals surface area contributed by atoms with E-state index in [0.717, 1.165) is 36.3 Å². The van der Waals surface area contributed by atoms with E-state index in [-0.39, 0.29) is 18.1 Å². The Hall–Kier alpha value is -1.11. The molecule has 0 radical (unpaired) electrons. The molecule has 23 heavy (non-hydrogen) atoms. The van der Waals surface area contributed by atoms with Gasteiger partial charge in [0.15, 0.2) is 6.61 Å². The van der Waals surface area contributed by atoms with Crippen molar-refractivity contribution in [1.29, 1.82) is 0 Å². The number of rotatable bonds is 6. The van der Waals surface area contributed by atoms with E-state index in [2.05, 4.69) is 40.0 Å². The van der Waals surface area contributed by atoms with Crippen molar-refractivity contribution < 1.29 is 14.3 Å². The average Bonchev–Trinajstić information content (AvgIpc) is 2.53. The Morgan fingerprint density at radius 1 is 1.39 bits per heavy atom. The molecule has 1 aliphatic heterocycles. The van der Waals surface area contributed by atoms with Crippen molar-refractivity contribution in [1.82, 2.24) is 10.2 Å². The Kier molecular flexibility index (Phi) is 6.44. The summed E-state index contributed by atoms with van der Waals surface area (Å²) in [7, 11) is 0. The lowest BCUT2D eigenvalue weighted by Crippen LogP contribution is -2.55. The Morgan fingerprint density at radius 2 is 2.09 bits per heavy atom. The quantitative estimate of drug-likeness (QED) is 0.817. The van der Waals surface area contributed by atoms with Crippen LogP contribution in [0, 0.1) is 6.92 Å². The highest BCUT2D eigenvalue weighted by molar-refractivity contribution is 9.10. The fraction of sp³-hybridized carbons (Fsp3) is 0.588. The lowest BCUT2D eigenvalue weighted by atomic mass is 10.0. The smallest absolute Gasteiger partial charge is 0.258 e. The van der Waals surface area contributed by atoms with E-state index in [9.17, 15) is 4.79 Å². The highest BCUT2D eigenvalue weighted by atomic mass is 79.9. The molecule has 5 nitrogen and oxygen atoms in total. The highest BCUT2D eigenvalue weighted by Crippen LogP contribution is 2.25. The molecule has 1 aromatic carbocycles. The van der Waals surface area contributed by atoms with Crippen LogP contribution >= 0.6 is 15.9 Å². The molecule has 1 aliphatic rings. The number of carbonyl (C=O) groups excluding carboxylic acids is 1. The first-order valence-corrected chi connectivity index (χ1v) is 8.66. The first kappa shape index (κ1) is 18.2. The zero-order valence-corrected chi connectivity index (χ0v) is 15.6. The summed E-state index contributed by atoms with van der Waals surface area (Å²) in [6.45, 7) is 10.2. The summed E-state index contributed by atoms with van der Waals surface area (Å²) in [6.07, 6.45) is 0. The molecule has 0 unspecified atom stereocenters. The molecule has 1 aromatic rings. The molecular weight excluding hydrogens is 360 g/mol. The lowest BCUT2D eigenvalue weighted by Gasteiger charge is -2.40. The number of aryl methyl sites for hydroxylation is 1. The molecule has 0 saturated carbocycles. The second-order valence-electron chi connectivity index (χ2n) is 6.41. The van der Waals surface area contributed by atoms with Crippen LogP contribution in [0.15, 0.2) is 22.7 Å². The third kappa shape index (κ3) is 5.48. The maximum Gasteiger partial charge on any atom is 0.258 e. The molecule has 6 heteroatoms. The van der Waals surface area contributed by atoms with Crippen LogP contribution < -0.4 is 10.1 Å². The third-order valence-corrected chi connectivity index (χ3v) is 4.65. The number of carbonyl (C=O) groups is 1. The lowest BCUT2D eigenvalue weighted by molar-refractivity contribution is -0.123.